The summed E-state index contributed by atoms with van der Waals surface area (Å²) in [5.74, 6) is 2.35. The average molecular weight is 317 g/mol. The van der Waals surface area contributed by atoms with Crippen LogP contribution >= 0.6 is 0 Å². The third-order valence-electron chi connectivity index (χ3n) is 4.33. The van der Waals surface area contributed by atoms with Gasteiger partial charge in [0.15, 0.2) is 5.82 Å². The van der Waals surface area contributed by atoms with Crippen molar-refractivity contribution in [3.05, 3.63) is 30.6 Å². The summed E-state index contributed by atoms with van der Waals surface area (Å²) in [5.41, 5.74) is 0. The second kappa shape index (κ2) is 6.95. The molecule has 1 aliphatic heterocycles. The van der Waals surface area contributed by atoms with Crippen LogP contribution in [-0.2, 0) is 7.05 Å². The zero-order chi connectivity index (χ0) is 16.2. The highest BCUT2D eigenvalue weighted by Gasteiger charge is 2.29. The lowest BCUT2D eigenvalue weighted by atomic mass is 9.91. The molecule has 124 valence electrons. The number of aliphatic hydroxyl groups excluding tert-OH is 1. The van der Waals surface area contributed by atoms with E-state index < -0.39 is 6.10 Å². The lowest BCUT2D eigenvalue weighted by Crippen LogP contribution is -2.36. The number of ether oxygens (including phenoxy) is 1. The Morgan fingerprint density at radius 2 is 2.13 bits per heavy atom. The standard InChI is InChI=1S/C16H23N5O2/c1-3-23-14-11-17-10-13(19-14)21-7-4-12(5-8-21)15(22)16-18-6-9-20(16)2/h6,9-12,15,22H,3-5,7-8H2,1-2H3. The van der Waals surface area contributed by atoms with Gasteiger partial charge in [0.1, 0.15) is 11.9 Å². The summed E-state index contributed by atoms with van der Waals surface area (Å²) in [7, 11) is 1.91. The van der Waals surface area contributed by atoms with Crippen LogP contribution in [0.1, 0.15) is 31.7 Å². The lowest BCUT2D eigenvalue weighted by Gasteiger charge is -2.34. The number of anilines is 1. The van der Waals surface area contributed by atoms with Crippen molar-refractivity contribution in [2.75, 3.05) is 24.6 Å². The first kappa shape index (κ1) is 15.7. The number of nitrogens with zero attached hydrogens (tertiary/aromatic N) is 5. The molecular weight excluding hydrogens is 294 g/mol. The van der Waals surface area contributed by atoms with Crippen LogP contribution in [0, 0.1) is 5.92 Å². The second-order valence-corrected chi connectivity index (χ2v) is 5.81. The van der Waals surface area contributed by atoms with Crippen LogP contribution < -0.4 is 9.64 Å². The minimum absolute atomic E-state index is 0.218. The predicted octanol–water partition coefficient (Wildman–Crippen LogP) is 1.56. The van der Waals surface area contributed by atoms with E-state index in [2.05, 4.69) is 19.9 Å². The quantitative estimate of drug-likeness (QED) is 0.902. The van der Waals surface area contributed by atoms with Gasteiger partial charge in [-0.3, -0.25) is 4.98 Å². The van der Waals surface area contributed by atoms with E-state index in [1.165, 1.54) is 0 Å². The van der Waals surface area contributed by atoms with Crippen molar-refractivity contribution in [3.8, 4) is 5.88 Å². The van der Waals surface area contributed by atoms with E-state index in [4.69, 9.17) is 4.74 Å². The second-order valence-electron chi connectivity index (χ2n) is 5.81. The molecule has 1 aliphatic rings. The van der Waals surface area contributed by atoms with Crippen LogP contribution in [-0.4, -0.2) is 44.3 Å². The maximum absolute atomic E-state index is 10.5. The van der Waals surface area contributed by atoms with E-state index in [-0.39, 0.29) is 5.92 Å². The van der Waals surface area contributed by atoms with Crippen molar-refractivity contribution in [1.82, 2.24) is 19.5 Å². The van der Waals surface area contributed by atoms with E-state index in [9.17, 15) is 5.11 Å². The van der Waals surface area contributed by atoms with E-state index in [0.29, 0.717) is 12.5 Å². The largest absolute Gasteiger partial charge is 0.477 e. The van der Waals surface area contributed by atoms with Gasteiger partial charge in [0.05, 0.1) is 19.0 Å². The first-order valence-corrected chi connectivity index (χ1v) is 8.04. The molecule has 0 saturated carbocycles. The van der Waals surface area contributed by atoms with E-state index >= 15 is 0 Å². The monoisotopic (exact) mass is 317 g/mol. The molecule has 23 heavy (non-hydrogen) atoms. The Morgan fingerprint density at radius 3 is 2.78 bits per heavy atom. The molecule has 0 spiro atoms. The molecule has 1 unspecified atom stereocenters. The van der Waals surface area contributed by atoms with Crippen molar-refractivity contribution in [3.63, 3.8) is 0 Å². The third-order valence-corrected chi connectivity index (χ3v) is 4.33. The molecule has 1 fully saturated rings. The summed E-state index contributed by atoms with van der Waals surface area (Å²) >= 11 is 0. The van der Waals surface area contributed by atoms with E-state index in [1.54, 1.807) is 18.6 Å². The van der Waals surface area contributed by atoms with Crippen LogP contribution in [0.25, 0.3) is 0 Å². The Bertz CT molecular complexity index is 637. The normalized spacial score (nSPS) is 17.3. The van der Waals surface area contributed by atoms with Crippen LogP contribution in [0.2, 0.25) is 0 Å². The first-order chi connectivity index (χ1) is 11.2. The van der Waals surface area contributed by atoms with Gasteiger partial charge in [-0.2, -0.15) is 4.98 Å². The number of rotatable bonds is 5. The summed E-state index contributed by atoms with van der Waals surface area (Å²) < 4.78 is 7.29. The molecule has 1 saturated heterocycles. The fourth-order valence-corrected chi connectivity index (χ4v) is 3.03. The molecule has 3 heterocycles. The molecule has 0 aromatic carbocycles. The van der Waals surface area contributed by atoms with E-state index in [0.717, 1.165) is 37.6 Å². The minimum Gasteiger partial charge on any atom is -0.477 e. The Hall–Kier alpha value is -2.15. The highest BCUT2D eigenvalue weighted by atomic mass is 16.5. The number of aromatic nitrogens is 4. The Kier molecular flexibility index (Phi) is 4.76. The molecule has 7 nitrogen and oxygen atoms in total. The van der Waals surface area contributed by atoms with Crippen molar-refractivity contribution in [1.29, 1.82) is 0 Å². The molecule has 2 aromatic heterocycles. The maximum atomic E-state index is 10.5. The topological polar surface area (TPSA) is 76.3 Å². The number of aliphatic hydroxyl groups is 1. The van der Waals surface area contributed by atoms with Gasteiger partial charge in [0.2, 0.25) is 5.88 Å². The van der Waals surface area contributed by atoms with Gasteiger partial charge in [-0.15, -0.1) is 0 Å². The summed E-state index contributed by atoms with van der Waals surface area (Å²) in [6.45, 7) is 4.20. The maximum Gasteiger partial charge on any atom is 0.234 e. The van der Waals surface area contributed by atoms with Gasteiger partial charge in [0.25, 0.3) is 0 Å². The molecular formula is C16H23N5O2. The zero-order valence-corrected chi connectivity index (χ0v) is 13.6. The highest BCUT2D eigenvalue weighted by Crippen LogP contribution is 2.31. The van der Waals surface area contributed by atoms with Crippen LogP contribution in [0.4, 0.5) is 5.82 Å². The Morgan fingerprint density at radius 1 is 1.35 bits per heavy atom. The lowest BCUT2D eigenvalue weighted by molar-refractivity contribution is 0.0824. The molecule has 1 N–H and O–H groups in total. The number of hydrogen-bond donors (Lipinski definition) is 1. The third kappa shape index (κ3) is 3.44. The smallest absolute Gasteiger partial charge is 0.234 e. The SMILES string of the molecule is CCOc1cncc(N2CCC(C(O)c3nccn3C)CC2)n1. The minimum atomic E-state index is -0.516. The van der Waals surface area contributed by atoms with E-state index in [1.807, 2.05) is 24.7 Å². The number of aryl methyl sites for hydroxylation is 1. The molecule has 0 amide bonds. The summed E-state index contributed by atoms with van der Waals surface area (Å²) in [4.78, 5) is 15.1. The zero-order valence-electron chi connectivity index (χ0n) is 13.6. The van der Waals surface area contributed by atoms with Crippen LogP contribution in [0.3, 0.4) is 0 Å². The van der Waals surface area contributed by atoms with Crippen molar-refractivity contribution in [2.24, 2.45) is 13.0 Å². The molecule has 7 heteroatoms. The summed E-state index contributed by atoms with van der Waals surface area (Å²) in [6, 6.07) is 0. The highest BCUT2D eigenvalue weighted by molar-refractivity contribution is 5.38. The summed E-state index contributed by atoms with van der Waals surface area (Å²) in [6.07, 6.45) is 8.26. The molecule has 3 rings (SSSR count). The Balaban J connectivity index is 1.62. The first-order valence-electron chi connectivity index (χ1n) is 8.04. The number of piperidine rings is 1. The van der Waals surface area contributed by atoms with Gasteiger partial charge >= 0.3 is 0 Å². The molecule has 0 aliphatic carbocycles. The number of hydrogen-bond acceptors (Lipinski definition) is 6. The predicted molar refractivity (Wildman–Crippen MR) is 86.3 cm³/mol. The van der Waals surface area contributed by atoms with Crippen molar-refractivity contribution in [2.45, 2.75) is 25.9 Å². The van der Waals surface area contributed by atoms with Crippen LogP contribution in [0.5, 0.6) is 5.88 Å². The van der Waals surface area contributed by atoms with Gasteiger partial charge in [-0.25, -0.2) is 4.98 Å². The van der Waals surface area contributed by atoms with Crippen molar-refractivity contribution >= 4 is 5.82 Å². The Labute approximate surface area is 136 Å². The van der Waals surface area contributed by atoms with Crippen LogP contribution in [0.15, 0.2) is 24.8 Å². The molecule has 0 radical (unpaired) electrons. The van der Waals surface area contributed by atoms with Gasteiger partial charge in [0, 0.05) is 32.5 Å². The fourth-order valence-electron chi connectivity index (χ4n) is 3.03. The van der Waals surface area contributed by atoms with Crippen molar-refractivity contribution < 1.29 is 9.84 Å². The molecule has 1 atom stereocenters. The van der Waals surface area contributed by atoms with Gasteiger partial charge in [-0.1, -0.05) is 0 Å². The fraction of sp³-hybridized carbons (Fsp3) is 0.562. The molecule has 0 bridgehead atoms. The number of imidazole rings is 1. The average Bonchev–Trinajstić information content (AvgIpc) is 3.01. The van der Waals surface area contributed by atoms with Gasteiger partial charge in [-0.05, 0) is 25.7 Å². The van der Waals surface area contributed by atoms with Gasteiger partial charge < -0.3 is 19.3 Å². The summed E-state index contributed by atoms with van der Waals surface area (Å²) in [5, 5.41) is 10.5. The molecule has 2 aromatic rings.